The zero-order chi connectivity index (χ0) is 13.1. The SMILES string of the molecule is CCCCC(NCCCOCC(C)C)C(=O)O. The first-order chi connectivity index (χ1) is 8.07. The van der Waals surface area contributed by atoms with Crippen molar-refractivity contribution in [1.29, 1.82) is 0 Å². The quantitative estimate of drug-likeness (QED) is 0.548. The van der Waals surface area contributed by atoms with Gasteiger partial charge in [0.1, 0.15) is 6.04 Å². The third kappa shape index (κ3) is 10.3. The lowest BCUT2D eigenvalue weighted by molar-refractivity contribution is -0.139. The monoisotopic (exact) mass is 245 g/mol. The van der Waals surface area contributed by atoms with Crippen LogP contribution in [0.1, 0.15) is 46.5 Å². The average molecular weight is 245 g/mol. The van der Waals surface area contributed by atoms with E-state index < -0.39 is 12.0 Å². The van der Waals surface area contributed by atoms with Gasteiger partial charge in [0, 0.05) is 13.2 Å². The molecule has 0 fully saturated rings. The number of carboxylic acids is 1. The Labute approximate surface area is 105 Å². The largest absolute Gasteiger partial charge is 0.480 e. The lowest BCUT2D eigenvalue weighted by Crippen LogP contribution is -2.37. The zero-order valence-corrected chi connectivity index (χ0v) is 11.4. The van der Waals surface area contributed by atoms with Crippen molar-refractivity contribution < 1.29 is 14.6 Å². The van der Waals surface area contributed by atoms with Gasteiger partial charge in [0.25, 0.3) is 0 Å². The van der Waals surface area contributed by atoms with Gasteiger partial charge in [-0.05, 0) is 25.3 Å². The fraction of sp³-hybridized carbons (Fsp3) is 0.923. The minimum absolute atomic E-state index is 0.403. The molecule has 0 aliphatic heterocycles. The summed E-state index contributed by atoms with van der Waals surface area (Å²) >= 11 is 0. The summed E-state index contributed by atoms with van der Waals surface area (Å²) in [4.78, 5) is 10.9. The van der Waals surface area contributed by atoms with E-state index in [4.69, 9.17) is 9.84 Å². The number of unbranched alkanes of at least 4 members (excludes halogenated alkanes) is 1. The second-order valence-electron chi connectivity index (χ2n) is 4.81. The summed E-state index contributed by atoms with van der Waals surface area (Å²) in [5.41, 5.74) is 0. The highest BCUT2D eigenvalue weighted by Gasteiger charge is 2.14. The fourth-order valence-corrected chi connectivity index (χ4v) is 1.49. The molecule has 2 N–H and O–H groups in total. The lowest BCUT2D eigenvalue weighted by atomic mass is 10.1. The molecule has 0 aromatic heterocycles. The van der Waals surface area contributed by atoms with E-state index in [-0.39, 0.29) is 0 Å². The summed E-state index contributed by atoms with van der Waals surface area (Å²) < 4.78 is 5.43. The van der Waals surface area contributed by atoms with E-state index in [0.29, 0.717) is 25.5 Å². The van der Waals surface area contributed by atoms with Crippen LogP contribution in [0, 0.1) is 5.92 Å². The van der Waals surface area contributed by atoms with Crippen molar-refractivity contribution in [3.63, 3.8) is 0 Å². The molecule has 0 bridgehead atoms. The van der Waals surface area contributed by atoms with E-state index in [9.17, 15) is 4.79 Å². The highest BCUT2D eigenvalue weighted by atomic mass is 16.5. The number of carboxylic acid groups (broad SMARTS) is 1. The number of nitrogens with one attached hydrogen (secondary N) is 1. The van der Waals surface area contributed by atoms with Gasteiger partial charge in [-0.2, -0.15) is 0 Å². The van der Waals surface area contributed by atoms with E-state index in [1.165, 1.54) is 0 Å². The molecular formula is C13H27NO3. The van der Waals surface area contributed by atoms with Crippen LogP contribution in [0.4, 0.5) is 0 Å². The number of hydrogen-bond donors (Lipinski definition) is 2. The third-order valence-electron chi connectivity index (χ3n) is 2.45. The minimum Gasteiger partial charge on any atom is -0.480 e. The minimum atomic E-state index is -0.749. The first-order valence-electron chi connectivity index (χ1n) is 6.61. The zero-order valence-electron chi connectivity index (χ0n) is 11.4. The van der Waals surface area contributed by atoms with Crippen molar-refractivity contribution in [3.8, 4) is 0 Å². The summed E-state index contributed by atoms with van der Waals surface area (Å²) in [7, 11) is 0. The predicted octanol–water partition coefficient (Wildman–Crippen LogP) is 2.28. The molecule has 0 spiro atoms. The van der Waals surface area contributed by atoms with Gasteiger partial charge in [-0.1, -0.05) is 33.6 Å². The molecule has 1 atom stereocenters. The van der Waals surface area contributed by atoms with Crippen molar-refractivity contribution in [2.45, 2.75) is 52.5 Å². The molecule has 102 valence electrons. The normalized spacial score (nSPS) is 12.9. The Bertz CT molecular complexity index is 195. The van der Waals surface area contributed by atoms with Gasteiger partial charge < -0.3 is 15.2 Å². The predicted molar refractivity (Wildman–Crippen MR) is 69.2 cm³/mol. The van der Waals surface area contributed by atoms with Crippen molar-refractivity contribution >= 4 is 5.97 Å². The van der Waals surface area contributed by atoms with Crippen LogP contribution >= 0.6 is 0 Å². The molecule has 0 rings (SSSR count). The molecule has 0 radical (unpaired) electrons. The van der Waals surface area contributed by atoms with Gasteiger partial charge in [-0.25, -0.2) is 0 Å². The molecule has 1 unspecified atom stereocenters. The van der Waals surface area contributed by atoms with Crippen LogP contribution < -0.4 is 5.32 Å². The van der Waals surface area contributed by atoms with Gasteiger partial charge in [0.2, 0.25) is 0 Å². The molecule has 0 amide bonds. The Morgan fingerprint density at radius 1 is 1.35 bits per heavy atom. The van der Waals surface area contributed by atoms with Crippen LogP contribution in [0.5, 0.6) is 0 Å². The molecular weight excluding hydrogens is 218 g/mol. The molecule has 17 heavy (non-hydrogen) atoms. The topological polar surface area (TPSA) is 58.6 Å². The first-order valence-corrected chi connectivity index (χ1v) is 6.61. The van der Waals surface area contributed by atoms with Crippen LogP contribution in [-0.4, -0.2) is 36.9 Å². The number of hydrogen-bond acceptors (Lipinski definition) is 3. The van der Waals surface area contributed by atoms with Crippen LogP contribution in [0.25, 0.3) is 0 Å². The molecule has 0 aliphatic rings. The summed E-state index contributed by atoms with van der Waals surface area (Å²) in [5.74, 6) is -0.194. The molecule has 0 heterocycles. The standard InChI is InChI=1S/C13H27NO3/c1-4-5-7-12(13(15)16)14-8-6-9-17-10-11(2)3/h11-12,14H,4-10H2,1-3H3,(H,15,16). The molecule has 0 aromatic carbocycles. The Morgan fingerprint density at radius 2 is 2.06 bits per heavy atom. The second-order valence-corrected chi connectivity index (χ2v) is 4.81. The van der Waals surface area contributed by atoms with Gasteiger partial charge in [-0.15, -0.1) is 0 Å². The van der Waals surface area contributed by atoms with E-state index in [0.717, 1.165) is 25.9 Å². The van der Waals surface area contributed by atoms with Gasteiger partial charge in [0.05, 0.1) is 0 Å². The summed E-state index contributed by atoms with van der Waals surface area (Å²) in [6, 6.07) is -0.403. The van der Waals surface area contributed by atoms with E-state index in [1.54, 1.807) is 0 Å². The van der Waals surface area contributed by atoms with Crippen LogP contribution in [0.15, 0.2) is 0 Å². The molecule has 0 saturated carbocycles. The van der Waals surface area contributed by atoms with E-state index in [1.807, 2.05) is 0 Å². The Kier molecular flexibility index (Phi) is 10.2. The highest BCUT2D eigenvalue weighted by molar-refractivity contribution is 5.73. The number of carbonyl (C=O) groups is 1. The number of ether oxygens (including phenoxy) is 1. The highest BCUT2D eigenvalue weighted by Crippen LogP contribution is 2.01. The van der Waals surface area contributed by atoms with Crippen LogP contribution in [-0.2, 0) is 9.53 Å². The first kappa shape index (κ1) is 16.4. The Hall–Kier alpha value is -0.610. The van der Waals surface area contributed by atoms with Crippen LogP contribution in [0.2, 0.25) is 0 Å². The smallest absolute Gasteiger partial charge is 0.320 e. The van der Waals surface area contributed by atoms with Crippen molar-refractivity contribution in [2.75, 3.05) is 19.8 Å². The Morgan fingerprint density at radius 3 is 2.59 bits per heavy atom. The molecule has 0 saturated heterocycles. The fourth-order valence-electron chi connectivity index (χ4n) is 1.49. The van der Waals surface area contributed by atoms with E-state index in [2.05, 4.69) is 26.1 Å². The third-order valence-corrected chi connectivity index (χ3v) is 2.45. The summed E-state index contributed by atoms with van der Waals surface area (Å²) in [6.45, 7) is 8.48. The Balaban J connectivity index is 3.51. The maximum atomic E-state index is 10.9. The van der Waals surface area contributed by atoms with Crippen molar-refractivity contribution in [1.82, 2.24) is 5.32 Å². The lowest BCUT2D eigenvalue weighted by Gasteiger charge is -2.14. The number of rotatable bonds is 11. The van der Waals surface area contributed by atoms with Gasteiger partial charge >= 0.3 is 5.97 Å². The molecule has 0 aliphatic carbocycles. The van der Waals surface area contributed by atoms with E-state index >= 15 is 0 Å². The molecule has 0 aromatic rings. The molecule has 4 nitrogen and oxygen atoms in total. The number of aliphatic carboxylic acids is 1. The average Bonchev–Trinajstić information content (AvgIpc) is 2.26. The molecule has 4 heteroatoms. The van der Waals surface area contributed by atoms with Gasteiger partial charge in [0.15, 0.2) is 0 Å². The maximum absolute atomic E-state index is 10.9. The second kappa shape index (κ2) is 10.5. The van der Waals surface area contributed by atoms with Crippen molar-refractivity contribution in [3.05, 3.63) is 0 Å². The summed E-state index contributed by atoms with van der Waals surface area (Å²) in [5, 5.41) is 12.0. The summed E-state index contributed by atoms with van der Waals surface area (Å²) in [6.07, 6.45) is 3.55. The van der Waals surface area contributed by atoms with Crippen LogP contribution in [0.3, 0.4) is 0 Å². The van der Waals surface area contributed by atoms with Crippen molar-refractivity contribution in [2.24, 2.45) is 5.92 Å². The van der Waals surface area contributed by atoms with Gasteiger partial charge in [-0.3, -0.25) is 4.79 Å². The maximum Gasteiger partial charge on any atom is 0.320 e.